The van der Waals surface area contributed by atoms with E-state index in [1.807, 2.05) is 0 Å². The smallest absolute Gasteiger partial charge is 0.0586 e. The molecule has 3 heteroatoms. The lowest BCUT2D eigenvalue weighted by Gasteiger charge is -2.47. The van der Waals surface area contributed by atoms with E-state index in [2.05, 4.69) is 31.0 Å². The first-order valence-electron chi connectivity index (χ1n) is 9.16. The molecule has 2 rings (SSSR count). The minimum Gasteiger partial charge on any atom is -0.395 e. The molecule has 3 unspecified atom stereocenters. The van der Waals surface area contributed by atoms with Gasteiger partial charge >= 0.3 is 0 Å². The van der Waals surface area contributed by atoms with Gasteiger partial charge in [0.15, 0.2) is 0 Å². The summed E-state index contributed by atoms with van der Waals surface area (Å²) in [4.78, 5) is 2.58. The van der Waals surface area contributed by atoms with Crippen molar-refractivity contribution in [3.8, 4) is 0 Å². The Balaban J connectivity index is 2.00. The largest absolute Gasteiger partial charge is 0.395 e. The van der Waals surface area contributed by atoms with Gasteiger partial charge in [-0.15, -0.1) is 0 Å². The van der Waals surface area contributed by atoms with Gasteiger partial charge in [-0.3, -0.25) is 4.90 Å². The maximum Gasteiger partial charge on any atom is 0.0586 e. The van der Waals surface area contributed by atoms with E-state index in [1.54, 1.807) is 0 Å². The Kier molecular flexibility index (Phi) is 6.51. The number of aliphatic hydroxyl groups excluding tert-OH is 1. The van der Waals surface area contributed by atoms with Gasteiger partial charge in [0.1, 0.15) is 0 Å². The molecule has 1 saturated heterocycles. The molecule has 2 N–H and O–H groups in total. The quantitative estimate of drug-likeness (QED) is 0.791. The second-order valence-corrected chi connectivity index (χ2v) is 7.90. The lowest BCUT2D eigenvalue weighted by Crippen LogP contribution is -2.55. The maximum absolute atomic E-state index is 9.64. The third-order valence-corrected chi connectivity index (χ3v) is 5.75. The molecular weight excluding hydrogens is 260 g/mol. The molecule has 0 radical (unpaired) electrons. The fraction of sp³-hybridized carbons (Fsp3) is 1.00. The summed E-state index contributed by atoms with van der Waals surface area (Å²) in [5, 5.41) is 13.5. The standard InChI is InChI=1S/C18H36N2O/c1-4-11-19-17-15(8-7-10-18(17,2)3)13-20-12-6-5-9-16(20)14-21/h15-17,19,21H,4-14H2,1-3H3. The molecule has 2 fully saturated rings. The average molecular weight is 296 g/mol. The molecule has 3 nitrogen and oxygen atoms in total. The normalized spacial score (nSPS) is 34.0. The van der Waals surface area contributed by atoms with Crippen molar-refractivity contribution >= 4 is 0 Å². The van der Waals surface area contributed by atoms with Crippen LogP contribution in [0.3, 0.4) is 0 Å². The second-order valence-electron chi connectivity index (χ2n) is 7.90. The zero-order chi connectivity index (χ0) is 15.3. The molecule has 124 valence electrons. The molecule has 1 aliphatic heterocycles. The lowest BCUT2D eigenvalue weighted by molar-refractivity contribution is 0.0343. The van der Waals surface area contributed by atoms with Gasteiger partial charge in [-0.1, -0.05) is 33.6 Å². The first-order chi connectivity index (χ1) is 10.1. The van der Waals surface area contributed by atoms with E-state index in [9.17, 15) is 5.11 Å². The van der Waals surface area contributed by atoms with Crippen molar-refractivity contribution in [1.82, 2.24) is 10.2 Å². The first kappa shape index (κ1) is 17.2. The van der Waals surface area contributed by atoms with Crippen LogP contribution < -0.4 is 5.32 Å². The number of nitrogens with zero attached hydrogens (tertiary/aromatic N) is 1. The molecule has 0 aromatic rings. The Labute approximate surface area is 131 Å². The van der Waals surface area contributed by atoms with Crippen LogP contribution >= 0.6 is 0 Å². The number of nitrogens with one attached hydrogen (secondary N) is 1. The summed E-state index contributed by atoms with van der Waals surface area (Å²) in [5.74, 6) is 0.743. The minimum absolute atomic E-state index is 0.336. The Morgan fingerprint density at radius 3 is 2.71 bits per heavy atom. The monoisotopic (exact) mass is 296 g/mol. The molecule has 1 saturated carbocycles. The molecule has 0 spiro atoms. The van der Waals surface area contributed by atoms with Crippen LogP contribution in [-0.2, 0) is 0 Å². The van der Waals surface area contributed by atoms with Crippen molar-refractivity contribution in [2.75, 3.05) is 26.2 Å². The third-order valence-electron chi connectivity index (χ3n) is 5.75. The molecule has 1 heterocycles. The Bertz CT molecular complexity index is 306. The molecule has 0 aromatic heterocycles. The maximum atomic E-state index is 9.64. The highest BCUT2D eigenvalue weighted by molar-refractivity contribution is 4.95. The van der Waals surface area contributed by atoms with Crippen molar-refractivity contribution in [1.29, 1.82) is 0 Å². The number of aliphatic hydroxyl groups is 1. The summed E-state index contributed by atoms with van der Waals surface area (Å²) in [6.07, 6.45) is 9.03. The number of hydrogen-bond donors (Lipinski definition) is 2. The van der Waals surface area contributed by atoms with Crippen molar-refractivity contribution < 1.29 is 5.11 Å². The summed E-state index contributed by atoms with van der Waals surface area (Å²) in [6.45, 7) is 11.0. The van der Waals surface area contributed by atoms with Crippen LogP contribution in [0.2, 0.25) is 0 Å². The number of hydrogen-bond acceptors (Lipinski definition) is 3. The van der Waals surface area contributed by atoms with E-state index >= 15 is 0 Å². The van der Waals surface area contributed by atoms with Crippen LogP contribution in [0.25, 0.3) is 0 Å². The van der Waals surface area contributed by atoms with Gasteiger partial charge in [-0.05, 0) is 56.5 Å². The summed E-state index contributed by atoms with van der Waals surface area (Å²) in [7, 11) is 0. The van der Waals surface area contributed by atoms with Crippen molar-refractivity contribution in [2.24, 2.45) is 11.3 Å². The van der Waals surface area contributed by atoms with Crippen LogP contribution in [-0.4, -0.2) is 48.3 Å². The fourth-order valence-corrected chi connectivity index (χ4v) is 4.53. The fourth-order valence-electron chi connectivity index (χ4n) is 4.53. The van der Waals surface area contributed by atoms with E-state index in [1.165, 1.54) is 58.0 Å². The number of likely N-dealkylation sites (tertiary alicyclic amines) is 1. The first-order valence-corrected chi connectivity index (χ1v) is 9.16. The SMILES string of the molecule is CCCNC1C(CN2CCCCC2CO)CCCC1(C)C. The Morgan fingerprint density at radius 1 is 1.19 bits per heavy atom. The van der Waals surface area contributed by atoms with Crippen LogP contribution in [0.1, 0.15) is 65.7 Å². The molecule has 0 bridgehead atoms. The predicted octanol–water partition coefficient (Wildman–Crippen LogP) is 3.03. The summed E-state index contributed by atoms with van der Waals surface area (Å²) >= 11 is 0. The number of rotatable bonds is 6. The van der Waals surface area contributed by atoms with Crippen LogP contribution in [0, 0.1) is 11.3 Å². The number of piperidine rings is 1. The molecule has 21 heavy (non-hydrogen) atoms. The van der Waals surface area contributed by atoms with Crippen molar-refractivity contribution in [3.05, 3.63) is 0 Å². The van der Waals surface area contributed by atoms with Crippen molar-refractivity contribution in [3.63, 3.8) is 0 Å². The molecule has 3 atom stereocenters. The zero-order valence-corrected chi connectivity index (χ0v) is 14.4. The molecule has 1 aliphatic carbocycles. The van der Waals surface area contributed by atoms with Gasteiger partial charge in [0.05, 0.1) is 6.61 Å². The van der Waals surface area contributed by atoms with Gasteiger partial charge in [0.2, 0.25) is 0 Å². The summed E-state index contributed by atoms with van der Waals surface area (Å²) in [6, 6.07) is 1.04. The third kappa shape index (κ3) is 4.43. The van der Waals surface area contributed by atoms with Gasteiger partial charge in [-0.25, -0.2) is 0 Å². The van der Waals surface area contributed by atoms with Gasteiger partial charge in [-0.2, -0.15) is 0 Å². The van der Waals surface area contributed by atoms with E-state index in [0.717, 1.165) is 12.5 Å². The lowest BCUT2D eigenvalue weighted by atomic mass is 9.67. The van der Waals surface area contributed by atoms with Crippen LogP contribution in [0.4, 0.5) is 0 Å². The van der Waals surface area contributed by atoms with E-state index in [-0.39, 0.29) is 0 Å². The van der Waals surface area contributed by atoms with Gasteiger partial charge < -0.3 is 10.4 Å². The molecule has 0 amide bonds. The second kappa shape index (κ2) is 7.94. The van der Waals surface area contributed by atoms with Gasteiger partial charge in [0.25, 0.3) is 0 Å². The van der Waals surface area contributed by atoms with E-state index in [4.69, 9.17) is 0 Å². The van der Waals surface area contributed by atoms with Gasteiger partial charge in [0, 0.05) is 18.6 Å². The van der Waals surface area contributed by atoms with E-state index < -0.39 is 0 Å². The minimum atomic E-state index is 0.336. The van der Waals surface area contributed by atoms with Crippen LogP contribution in [0.15, 0.2) is 0 Å². The highest BCUT2D eigenvalue weighted by Crippen LogP contribution is 2.39. The average Bonchev–Trinajstić information content (AvgIpc) is 2.46. The molecular formula is C18H36N2O. The highest BCUT2D eigenvalue weighted by Gasteiger charge is 2.39. The Hall–Kier alpha value is -0.120. The molecule has 0 aromatic carbocycles. The van der Waals surface area contributed by atoms with Crippen molar-refractivity contribution in [2.45, 2.75) is 77.8 Å². The topological polar surface area (TPSA) is 35.5 Å². The Morgan fingerprint density at radius 2 is 2.00 bits per heavy atom. The highest BCUT2D eigenvalue weighted by atomic mass is 16.3. The summed E-state index contributed by atoms with van der Waals surface area (Å²) in [5.41, 5.74) is 0.405. The predicted molar refractivity (Wildman–Crippen MR) is 89.5 cm³/mol. The molecule has 2 aliphatic rings. The summed E-state index contributed by atoms with van der Waals surface area (Å²) < 4.78 is 0. The van der Waals surface area contributed by atoms with Crippen LogP contribution in [0.5, 0.6) is 0 Å². The zero-order valence-electron chi connectivity index (χ0n) is 14.4. The van der Waals surface area contributed by atoms with E-state index in [0.29, 0.717) is 24.1 Å².